The van der Waals surface area contributed by atoms with E-state index in [1.807, 2.05) is 0 Å². The molecule has 1 N–H and O–H groups in total. The third-order valence-corrected chi connectivity index (χ3v) is 12.5. The molecule has 3 aromatic rings. The maximum atomic E-state index is 15.3. The number of benzene rings is 3. The number of carbonyl (C=O) groups excluding carboxylic acids is 4. The van der Waals surface area contributed by atoms with Gasteiger partial charge in [-0.2, -0.15) is 26.3 Å². The Hall–Kier alpha value is -4.43. The molecule has 0 radical (unpaired) electrons. The average molecular weight is 922 g/mol. The van der Waals surface area contributed by atoms with Crippen molar-refractivity contribution in [1.82, 2.24) is 0 Å². The quantitative estimate of drug-likeness (QED) is 0.0702. The van der Waals surface area contributed by atoms with Gasteiger partial charge in [0.2, 0.25) is 17.6 Å². The SMILES string of the molecule is COc1cc(Br)cc(C2C3=CCC4C(=O)N(c5cc(C(F)(F)F)cc(C(F)(F)F)c5)C(=O)C4C3CC3(Cl)C(=O)N(c4c(F)c(F)c(F)c(F)c4F)C(=O)C23Cl)c1O. The number of aromatic hydroxyl groups is 1. The Kier molecular flexibility index (Phi) is 9.32. The molecule has 0 spiro atoms. The lowest BCUT2D eigenvalue weighted by atomic mass is 9.56. The van der Waals surface area contributed by atoms with Crippen molar-refractivity contribution in [2.75, 3.05) is 16.9 Å². The van der Waals surface area contributed by atoms with Crippen molar-refractivity contribution in [1.29, 1.82) is 0 Å². The number of imide groups is 2. The summed E-state index contributed by atoms with van der Waals surface area (Å²) < 4.78 is 162. The number of allylic oxidation sites excluding steroid dienone is 2. The number of rotatable bonds is 4. The molecule has 2 heterocycles. The number of amides is 4. The summed E-state index contributed by atoms with van der Waals surface area (Å²) in [4.78, 5) is 50.4. The number of phenols is 1. The van der Waals surface area contributed by atoms with Crippen LogP contribution in [0.3, 0.4) is 0 Å². The highest BCUT2D eigenvalue weighted by atomic mass is 79.9. The first-order valence-corrected chi connectivity index (χ1v) is 17.6. The van der Waals surface area contributed by atoms with Crippen LogP contribution in [0.1, 0.15) is 35.4 Å². The number of hydrogen-bond acceptors (Lipinski definition) is 6. The molecule has 3 fully saturated rings. The van der Waals surface area contributed by atoms with E-state index in [1.54, 1.807) is 0 Å². The average Bonchev–Trinajstić information content (AvgIpc) is 3.47. The van der Waals surface area contributed by atoms with E-state index in [0.717, 1.165) is 13.2 Å². The van der Waals surface area contributed by atoms with Gasteiger partial charge < -0.3 is 9.84 Å². The Morgan fingerprint density at radius 1 is 0.772 bits per heavy atom. The number of ether oxygens (including phenoxy) is 1. The van der Waals surface area contributed by atoms with Crippen molar-refractivity contribution >= 4 is 74.1 Å². The number of fused-ring (bicyclic) bond motifs is 4. The largest absolute Gasteiger partial charge is 0.504 e. The summed E-state index contributed by atoms with van der Waals surface area (Å²) in [6.07, 6.45) is -11.1. The van der Waals surface area contributed by atoms with Gasteiger partial charge in [-0.1, -0.05) is 27.6 Å². The van der Waals surface area contributed by atoms with Crippen molar-refractivity contribution in [2.45, 2.75) is 40.9 Å². The molecule has 0 bridgehead atoms. The number of anilines is 2. The Labute approximate surface area is 329 Å². The topological polar surface area (TPSA) is 104 Å². The zero-order valence-corrected chi connectivity index (χ0v) is 31.0. The van der Waals surface area contributed by atoms with Gasteiger partial charge in [-0.05, 0) is 49.1 Å². The number of halogens is 14. The molecule has 3 aromatic carbocycles. The normalized spacial score (nSPS) is 27.5. The van der Waals surface area contributed by atoms with Crippen LogP contribution >= 0.6 is 39.1 Å². The van der Waals surface area contributed by atoms with E-state index in [2.05, 4.69) is 15.9 Å². The minimum Gasteiger partial charge on any atom is -0.504 e. The van der Waals surface area contributed by atoms with E-state index in [1.165, 1.54) is 12.1 Å². The van der Waals surface area contributed by atoms with E-state index < -0.39 is 150 Å². The first kappa shape index (κ1) is 40.8. The van der Waals surface area contributed by atoms with E-state index in [-0.39, 0.29) is 38.9 Å². The van der Waals surface area contributed by atoms with Gasteiger partial charge >= 0.3 is 12.4 Å². The summed E-state index contributed by atoms with van der Waals surface area (Å²) in [5, 5.41) is 11.4. The lowest BCUT2D eigenvalue weighted by Gasteiger charge is -2.50. The van der Waals surface area contributed by atoms with Crippen LogP contribution in [0.15, 0.2) is 46.5 Å². The number of hydrogen-bond donors (Lipinski definition) is 1. The van der Waals surface area contributed by atoms with E-state index >= 15 is 8.78 Å². The second kappa shape index (κ2) is 13.0. The third kappa shape index (κ3) is 5.59. The minimum atomic E-state index is -5.39. The highest BCUT2D eigenvalue weighted by Gasteiger charge is 2.77. The van der Waals surface area contributed by atoms with Crippen molar-refractivity contribution in [3.63, 3.8) is 0 Å². The number of methoxy groups -OCH3 is 1. The fourth-order valence-electron chi connectivity index (χ4n) is 8.20. The maximum Gasteiger partial charge on any atom is 0.416 e. The summed E-state index contributed by atoms with van der Waals surface area (Å²) in [7, 11) is 1.09. The van der Waals surface area contributed by atoms with Crippen LogP contribution in [-0.2, 0) is 31.5 Å². The van der Waals surface area contributed by atoms with Gasteiger partial charge in [0.05, 0.1) is 35.8 Å². The summed E-state index contributed by atoms with van der Waals surface area (Å²) in [6, 6.07) is 2.37. The molecule has 6 atom stereocenters. The van der Waals surface area contributed by atoms with Gasteiger partial charge in [-0.15, -0.1) is 23.2 Å². The Morgan fingerprint density at radius 2 is 1.32 bits per heavy atom. The summed E-state index contributed by atoms with van der Waals surface area (Å²) in [5.41, 5.74) is -7.55. The molecule has 57 heavy (non-hydrogen) atoms. The molecular formula is C35H18BrCl2F11N2O6. The minimum absolute atomic E-state index is 0.0840. The van der Waals surface area contributed by atoms with Crippen LogP contribution in [0.25, 0.3) is 0 Å². The molecule has 0 aromatic heterocycles. The second-order valence-corrected chi connectivity index (χ2v) is 15.7. The van der Waals surface area contributed by atoms with Gasteiger partial charge in [-0.25, -0.2) is 31.8 Å². The first-order chi connectivity index (χ1) is 26.3. The molecule has 4 amide bonds. The number of carbonyl (C=O) groups is 4. The predicted molar refractivity (Wildman–Crippen MR) is 178 cm³/mol. The van der Waals surface area contributed by atoms with Crippen LogP contribution in [0.5, 0.6) is 11.5 Å². The number of nitrogens with zero attached hydrogens (tertiary/aromatic N) is 2. The van der Waals surface area contributed by atoms with Gasteiger partial charge in [0.15, 0.2) is 44.5 Å². The maximum absolute atomic E-state index is 15.3. The van der Waals surface area contributed by atoms with Crippen LogP contribution in [0, 0.1) is 46.8 Å². The standard InChI is InChI=1S/C35H18BrCl2F11N2O6/c1-57-18-8-12(36)7-16(27(18)52)20-14-2-3-15-19(29(54)50(28(15)53)13-5-10(34(44,45)46)4-11(6-13)35(47,48)49)17(14)9-32(37)30(55)51(31(56)33(20,32)38)26-24(42)22(40)21(39)23(41)25(26)43/h2,4-8,15,17,19-20,52H,3,9H2,1H3. The lowest BCUT2D eigenvalue weighted by Crippen LogP contribution is -2.60. The molecule has 22 heteroatoms. The molecule has 1 saturated carbocycles. The Bertz CT molecular complexity index is 2330. The van der Waals surface area contributed by atoms with Gasteiger partial charge in [0.1, 0.15) is 5.69 Å². The molecule has 302 valence electrons. The second-order valence-electron chi connectivity index (χ2n) is 13.5. The Morgan fingerprint density at radius 3 is 1.84 bits per heavy atom. The van der Waals surface area contributed by atoms with Crippen LogP contribution in [0.2, 0.25) is 0 Å². The molecule has 4 aliphatic rings. The van der Waals surface area contributed by atoms with Gasteiger partial charge in [-0.3, -0.25) is 19.2 Å². The van der Waals surface area contributed by atoms with Crippen LogP contribution in [0.4, 0.5) is 59.7 Å². The number of phenolic OH excluding ortho intramolecular Hbond substituents is 1. The van der Waals surface area contributed by atoms with Crippen molar-refractivity contribution in [3.8, 4) is 11.5 Å². The molecule has 2 saturated heterocycles. The molecule has 2 aliphatic carbocycles. The van der Waals surface area contributed by atoms with E-state index in [0.29, 0.717) is 0 Å². The monoisotopic (exact) mass is 920 g/mol. The van der Waals surface area contributed by atoms with Crippen molar-refractivity contribution in [3.05, 3.63) is 92.2 Å². The fraction of sp³-hybridized carbons (Fsp3) is 0.314. The predicted octanol–water partition coefficient (Wildman–Crippen LogP) is 8.66. The summed E-state index contributed by atoms with van der Waals surface area (Å²) >= 11 is 17.2. The van der Waals surface area contributed by atoms with E-state index in [9.17, 15) is 63.8 Å². The van der Waals surface area contributed by atoms with Crippen LogP contribution < -0.4 is 14.5 Å². The van der Waals surface area contributed by atoms with Gasteiger partial charge in [0, 0.05) is 16.0 Å². The molecule has 6 unspecified atom stereocenters. The third-order valence-electron chi connectivity index (χ3n) is 10.7. The molecular weight excluding hydrogens is 904 g/mol. The van der Waals surface area contributed by atoms with Gasteiger partial charge in [0.25, 0.3) is 11.8 Å². The molecule has 2 aliphatic heterocycles. The molecule has 8 nitrogen and oxygen atoms in total. The fourth-order valence-corrected chi connectivity index (χ4v) is 9.59. The zero-order chi connectivity index (χ0) is 42.2. The lowest BCUT2D eigenvalue weighted by molar-refractivity contribution is -0.143. The Balaban J connectivity index is 1.45. The first-order valence-electron chi connectivity index (χ1n) is 16.0. The number of alkyl halides is 8. The van der Waals surface area contributed by atoms with Crippen LogP contribution in [-0.4, -0.2) is 45.6 Å². The highest BCUT2D eigenvalue weighted by molar-refractivity contribution is 9.10. The highest BCUT2D eigenvalue weighted by Crippen LogP contribution is 2.67. The summed E-state index contributed by atoms with van der Waals surface area (Å²) in [6.45, 7) is 0. The summed E-state index contributed by atoms with van der Waals surface area (Å²) in [5.74, 6) is -27.6. The van der Waals surface area contributed by atoms with Crippen molar-refractivity contribution in [2.24, 2.45) is 17.8 Å². The van der Waals surface area contributed by atoms with Crippen molar-refractivity contribution < 1.29 is 77.3 Å². The smallest absolute Gasteiger partial charge is 0.416 e. The van der Waals surface area contributed by atoms with E-state index in [4.69, 9.17) is 27.9 Å². The molecule has 7 rings (SSSR count). The zero-order valence-electron chi connectivity index (χ0n) is 27.9.